The van der Waals surface area contributed by atoms with Crippen molar-refractivity contribution in [1.29, 1.82) is 0 Å². The minimum Gasteiger partial charge on any atom is -0.398 e. The van der Waals surface area contributed by atoms with Gasteiger partial charge in [-0.2, -0.15) is 4.31 Å². The van der Waals surface area contributed by atoms with Crippen LogP contribution in [-0.2, 0) is 10.0 Å². The first-order valence-electron chi connectivity index (χ1n) is 6.36. The van der Waals surface area contributed by atoms with Gasteiger partial charge >= 0.3 is 0 Å². The molecule has 0 spiro atoms. The Morgan fingerprint density at radius 2 is 1.95 bits per heavy atom. The highest BCUT2D eigenvalue weighted by Gasteiger charge is 2.49. The maximum Gasteiger partial charge on any atom is 0.246 e. The Bertz CT molecular complexity index is 637. The number of hydrogen-bond acceptors (Lipinski definition) is 4. The van der Waals surface area contributed by atoms with Crippen molar-refractivity contribution in [2.24, 2.45) is 5.92 Å². The standard InChI is InChI=1S/C13H19FN2O3S/c1-8(2)13(17)6-16(7-13)20(18,19)12-5-11(15)9(3)4-10(12)14/h4-5,8,17H,6-7,15H2,1-3H3. The largest absolute Gasteiger partial charge is 0.398 e. The van der Waals surface area contributed by atoms with Crippen LogP contribution in [0, 0.1) is 18.7 Å². The van der Waals surface area contributed by atoms with Crippen LogP contribution in [0.25, 0.3) is 0 Å². The van der Waals surface area contributed by atoms with Crippen LogP contribution in [0.5, 0.6) is 0 Å². The van der Waals surface area contributed by atoms with E-state index in [9.17, 15) is 17.9 Å². The predicted octanol–water partition coefficient (Wildman–Crippen LogP) is 1.11. The highest BCUT2D eigenvalue weighted by Crippen LogP contribution is 2.34. The van der Waals surface area contributed by atoms with E-state index >= 15 is 0 Å². The second kappa shape index (κ2) is 4.68. The Morgan fingerprint density at radius 3 is 2.45 bits per heavy atom. The first kappa shape index (κ1) is 15.2. The van der Waals surface area contributed by atoms with Crippen molar-refractivity contribution >= 4 is 15.7 Å². The monoisotopic (exact) mass is 302 g/mol. The molecular formula is C13H19FN2O3S. The second-order valence-electron chi connectivity index (χ2n) is 5.67. The molecule has 112 valence electrons. The van der Waals surface area contributed by atoms with Crippen LogP contribution < -0.4 is 5.73 Å². The fraction of sp³-hybridized carbons (Fsp3) is 0.538. The number of aryl methyl sites for hydroxylation is 1. The van der Waals surface area contributed by atoms with E-state index in [0.29, 0.717) is 5.56 Å². The van der Waals surface area contributed by atoms with Gasteiger partial charge < -0.3 is 10.8 Å². The minimum atomic E-state index is -3.96. The Kier molecular flexibility index (Phi) is 3.56. The van der Waals surface area contributed by atoms with E-state index in [1.807, 2.05) is 13.8 Å². The van der Waals surface area contributed by atoms with Crippen molar-refractivity contribution < 1.29 is 17.9 Å². The number of anilines is 1. The molecule has 1 aliphatic heterocycles. The average molecular weight is 302 g/mol. The summed E-state index contributed by atoms with van der Waals surface area (Å²) in [6.07, 6.45) is 0. The van der Waals surface area contributed by atoms with Crippen LogP contribution in [0.4, 0.5) is 10.1 Å². The quantitative estimate of drug-likeness (QED) is 0.819. The van der Waals surface area contributed by atoms with Gasteiger partial charge in [0.2, 0.25) is 10.0 Å². The number of nitrogen functional groups attached to an aromatic ring is 1. The van der Waals surface area contributed by atoms with Gasteiger partial charge in [-0.1, -0.05) is 13.8 Å². The minimum absolute atomic E-state index is 0.0276. The maximum absolute atomic E-state index is 13.9. The smallest absolute Gasteiger partial charge is 0.246 e. The lowest BCUT2D eigenvalue weighted by Gasteiger charge is -2.47. The molecule has 5 nitrogen and oxygen atoms in total. The second-order valence-corrected chi connectivity index (χ2v) is 7.58. The molecule has 0 unspecified atom stereocenters. The Labute approximate surface area is 118 Å². The first-order valence-corrected chi connectivity index (χ1v) is 7.80. The Balaban J connectivity index is 2.32. The topological polar surface area (TPSA) is 83.6 Å². The van der Waals surface area contributed by atoms with Crippen LogP contribution in [0.3, 0.4) is 0 Å². The zero-order valence-corrected chi connectivity index (χ0v) is 12.5. The van der Waals surface area contributed by atoms with Crippen LogP contribution >= 0.6 is 0 Å². The number of halogens is 1. The molecule has 0 bridgehead atoms. The molecule has 0 saturated carbocycles. The molecule has 1 aromatic rings. The SMILES string of the molecule is Cc1cc(F)c(S(=O)(=O)N2CC(O)(C(C)C)C2)cc1N. The Morgan fingerprint density at radius 1 is 1.40 bits per heavy atom. The zero-order chi connectivity index (χ0) is 15.3. The maximum atomic E-state index is 13.9. The van der Waals surface area contributed by atoms with Gasteiger partial charge in [0.25, 0.3) is 0 Å². The van der Waals surface area contributed by atoms with Crippen molar-refractivity contribution in [3.63, 3.8) is 0 Å². The summed E-state index contributed by atoms with van der Waals surface area (Å²) in [5, 5.41) is 10.1. The highest BCUT2D eigenvalue weighted by atomic mass is 32.2. The van der Waals surface area contributed by atoms with Gasteiger partial charge in [0.15, 0.2) is 0 Å². The molecule has 3 N–H and O–H groups in total. The van der Waals surface area contributed by atoms with Crippen molar-refractivity contribution in [3.05, 3.63) is 23.5 Å². The van der Waals surface area contributed by atoms with E-state index < -0.39 is 26.3 Å². The molecule has 7 heteroatoms. The van der Waals surface area contributed by atoms with Crippen LogP contribution in [-0.4, -0.2) is 36.5 Å². The molecule has 1 aliphatic rings. The van der Waals surface area contributed by atoms with Crippen molar-refractivity contribution in [2.75, 3.05) is 18.8 Å². The molecule has 0 atom stereocenters. The molecule has 20 heavy (non-hydrogen) atoms. The van der Waals surface area contributed by atoms with Gasteiger partial charge in [-0.25, -0.2) is 12.8 Å². The van der Waals surface area contributed by atoms with E-state index in [4.69, 9.17) is 5.73 Å². The third-order valence-corrected chi connectivity index (χ3v) is 5.72. The van der Waals surface area contributed by atoms with Gasteiger partial charge in [-0.3, -0.25) is 0 Å². The normalized spacial score (nSPS) is 19.1. The summed E-state index contributed by atoms with van der Waals surface area (Å²) in [5.74, 6) is -0.890. The number of β-amino-alcohol motifs (C(OH)–C–C–N with tert-alkyl or cyclic N) is 1. The summed E-state index contributed by atoms with van der Waals surface area (Å²) in [4.78, 5) is -0.439. The van der Waals surface area contributed by atoms with E-state index in [1.165, 1.54) is 0 Å². The van der Waals surface area contributed by atoms with E-state index in [0.717, 1.165) is 16.4 Å². The molecule has 1 saturated heterocycles. The number of nitrogens with two attached hydrogens (primary N) is 1. The summed E-state index contributed by atoms with van der Waals surface area (Å²) in [6, 6.07) is 2.24. The van der Waals surface area contributed by atoms with Gasteiger partial charge in [-0.15, -0.1) is 0 Å². The fourth-order valence-electron chi connectivity index (χ4n) is 2.10. The first-order chi connectivity index (χ1) is 9.08. The predicted molar refractivity (Wildman–Crippen MR) is 74.1 cm³/mol. The molecular weight excluding hydrogens is 283 g/mol. The fourth-order valence-corrected chi connectivity index (χ4v) is 3.75. The van der Waals surface area contributed by atoms with Crippen LogP contribution in [0.2, 0.25) is 0 Å². The van der Waals surface area contributed by atoms with Crippen LogP contribution in [0.15, 0.2) is 17.0 Å². The van der Waals surface area contributed by atoms with Crippen molar-refractivity contribution in [1.82, 2.24) is 4.31 Å². The molecule has 0 aliphatic carbocycles. The van der Waals surface area contributed by atoms with E-state index in [1.54, 1.807) is 6.92 Å². The summed E-state index contributed by atoms with van der Waals surface area (Å²) in [6.45, 7) is 5.18. The van der Waals surface area contributed by atoms with E-state index in [2.05, 4.69) is 0 Å². The molecule has 1 fully saturated rings. The number of benzene rings is 1. The summed E-state index contributed by atoms with van der Waals surface area (Å²) >= 11 is 0. The Hall–Kier alpha value is -1.18. The van der Waals surface area contributed by atoms with Gasteiger partial charge in [-0.05, 0) is 30.5 Å². The lowest BCUT2D eigenvalue weighted by molar-refractivity contribution is -0.0933. The molecule has 0 aromatic heterocycles. The lowest BCUT2D eigenvalue weighted by Crippen LogP contribution is -2.65. The third-order valence-electron chi connectivity index (χ3n) is 3.91. The number of sulfonamides is 1. The lowest BCUT2D eigenvalue weighted by atomic mass is 9.85. The molecule has 0 amide bonds. The van der Waals surface area contributed by atoms with E-state index in [-0.39, 0.29) is 24.7 Å². The number of hydrogen-bond donors (Lipinski definition) is 2. The highest BCUT2D eigenvalue weighted by molar-refractivity contribution is 7.89. The van der Waals surface area contributed by atoms with Gasteiger partial charge in [0, 0.05) is 18.8 Å². The number of aliphatic hydroxyl groups is 1. The average Bonchev–Trinajstić information content (AvgIpc) is 2.29. The van der Waals surface area contributed by atoms with Crippen LogP contribution in [0.1, 0.15) is 19.4 Å². The summed E-state index contributed by atoms with van der Waals surface area (Å²) in [5.41, 5.74) is 5.32. The number of nitrogens with zero attached hydrogens (tertiary/aromatic N) is 1. The van der Waals surface area contributed by atoms with Crippen molar-refractivity contribution in [2.45, 2.75) is 31.3 Å². The van der Waals surface area contributed by atoms with Gasteiger partial charge in [0.05, 0.1) is 5.60 Å². The van der Waals surface area contributed by atoms with Crippen molar-refractivity contribution in [3.8, 4) is 0 Å². The molecule has 2 rings (SSSR count). The molecule has 0 radical (unpaired) electrons. The summed E-state index contributed by atoms with van der Waals surface area (Å²) in [7, 11) is -3.96. The molecule has 1 heterocycles. The summed E-state index contributed by atoms with van der Waals surface area (Å²) < 4.78 is 39.6. The zero-order valence-electron chi connectivity index (χ0n) is 11.7. The molecule has 1 aromatic carbocycles. The third kappa shape index (κ3) is 2.30. The number of rotatable bonds is 3. The van der Waals surface area contributed by atoms with Gasteiger partial charge in [0.1, 0.15) is 10.7 Å².